The van der Waals surface area contributed by atoms with E-state index >= 15 is 0 Å². The lowest BCUT2D eigenvalue weighted by atomic mass is 10.1. The van der Waals surface area contributed by atoms with Crippen molar-refractivity contribution in [3.05, 3.63) is 41.5 Å². The smallest absolute Gasteiger partial charge is 0.128 e. The fraction of sp³-hybridized carbons (Fsp3) is 0.133. The Hall–Kier alpha value is -1.90. The zero-order chi connectivity index (χ0) is 13.9. The molecule has 3 nitrogen and oxygen atoms in total. The van der Waals surface area contributed by atoms with Gasteiger partial charge >= 0.3 is 0 Å². The molecule has 0 aliphatic heterocycles. The number of thioether (sulfide) groups is 1. The predicted octanol–water partition coefficient (Wildman–Crippen LogP) is 4.28. The van der Waals surface area contributed by atoms with E-state index in [1.54, 1.807) is 11.3 Å². The van der Waals surface area contributed by atoms with Gasteiger partial charge in [-0.05, 0) is 12.5 Å². The molecule has 0 amide bonds. The number of hydrogen-bond acceptors (Lipinski definition) is 5. The third kappa shape index (κ3) is 2.40. The second-order valence-electron chi connectivity index (χ2n) is 4.22. The highest BCUT2D eigenvalue weighted by atomic mass is 32.2. The first kappa shape index (κ1) is 13.1. The van der Waals surface area contributed by atoms with E-state index in [1.165, 1.54) is 11.8 Å². The summed E-state index contributed by atoms with van der Waals surface area (Å²) in [5.41, 5.74) is 2.30. The van der Waals surface area contributed by atoms with Crippen LogP contribution in [0.25, 0.3) is 21.3 Å². The minimum Gasteiger partial charge on any atom is -0.226 e. The molecule has 0 atom stereocenters. The molecule has 5 heteroatoms. The van der Waals surface area contributed by atoms with Crippen molar-refractivity contribution < 1.29 is 0 Å². The van der Waals surface area contributed by atoms with Crippen LogP contribution in [-0.4, -0.2) is 15.7 Å². The molecule has 2 heterocycles. The highest BCUT2D eigenvalue weighted by molar-refractivity contribution is 7.99. The highest BCUT2D eigenvalue weighted by Crippen LogP contribution is 2.38. The molecule has 1 aromatic carbocycles. The number of benzene rings is 1. The van der Waals surface area contributed by atoms with Gasteiger partial charge in [0.05, 0.1) is 17.2 Å². The molecule has 0 saturated carbocycles. The Balaban J connectivity index is 2.22. The summed E-state index contributed by atoms with van der Waals surface area (Å²) in [5, 5.41) is 12.9. The molecule has 3 rings (SSSR count). The van der Waals surface area contributed by atoms with Crippen LogP contribution in [0.15, 0.2) is 40.7 Å². The summed E-state index contributed by atoms with van der Waals surface area (Å²) >= 11 is 3.10. The Morgan fingerprint density at radius 1 is 1.25 bits per heavy atom. The maximum absolute atomic E-state index is 8.79. The number of aromatic nitrogens is 2. The summed E-state index contributed by atoms with van der Waals surface area (Å²) in [5.74, 6) is 1.15. The normalized spacial score (nSPS) is 10.6. The van der Waals surface area contributed by atoms with Crippen LogP contribution >= 0.6 is 23.1 Å². The Morgan fingerprint density at radius 3 is 2.80 bits per heavy atom. The van der Waals surface area contributed by atoms with Gasteiger partial charge in [-0.2, -0.15) is 5.26 Å². The maximum atomic E-state index is 8.79. The zero-order valence-electron chi connectivity index (χ0n) is 10.8. The van der Waals surface area contributed by atoms with Gasteiger partial charge in [-0.3, -0.25) is 0 Å². The summed E-state index contributed by atoms with van der Waals surface area (Å²) in [4.78, 5) is 9.99. The van der Waals surface area contributed by atoms with E-state index in [0.717, 1.165) is 32.2 Å². The second-order valence-corrected chi connectivity index (χ2v) is 6.04. The summed E-state index contributed by atoms with van der Waals surface area (Å²) in [6.07, 6.45) is 0. The Labute approximate surface area is 125 Å². The van der Waals surface area contributed by atoms with E-state index in [0.29, 0.717) is 5.75 Å². The lowest BCUT2D eigenvalue weighted by Gasteiger charge is -2.04. The molecule has 0 radical (unpaired) electrons. The molecule has 0 aliphatic rings. The van der Waals surface area contributed by atoms with Gasteiger partial charge < -0.3 is 0 Å². The van der Waals surface area contributed by atoms with Gasteiger partial charge in [0.1, 0.15) is 15.7 Å². The average molecular weight is 297 g/mol. The molecular formula is C15H11N3S2. The number of nitriles is 1. The third-order valence-corrected chi connectivity index (χ3v) is 4.58. The van der Waals surface area contributed by atoms with Crippen molar-refractivity contribution in [1.82, 2.24) is 9.97 Å². The van der Waals surface area contributed by atoms with Crippen LogP contribution < -0.4 is 0 Å². The molecular weight excluding hydrogens is 286 g/mol. The van der Waals surface area contributed by atoms with E-state index in [-0.39, 0.29) is 0 Å². The van der Waals surface area contributed by atoms with Crippen LogP contribution in [0, 0.1) is 18.3 Å². The lowest BCUT2D eigenvalue weighted by molar-refractivity contribution is 1.02. The topological polar surface area (TPSA) is 49.6 Å². The van der Waals surface area contributed by atoms with Crippen molar-refractivity contribution in [2.24, 2.45) is 0 Å². The molecule has 0 aliphatic carbocycles. The first-order valence-corrected chi connectivity index (χ1v) is 7.97. The van der Waals surface area contributed by atoms with Crippen molar-refractivity contribution in [2.45, 2.75) is 11.9 Å². The fourth-order valence-electron chi connectivity index (χ4n) is 2.05. The SMILES string of the molecule is Cc1nc(SCC#N)c2c(-c3ccccc3)csc2n1. The number of aryl methyl sites for hydroxylation is 1. The van der Waals surface area contributed by atoms with Crippen LogP contribution in [0.3, 0.4) is 0 Å². The van der Waals surface area contributed by atoms with Crippen molar-refractivity contribution in [3.8, 4) is 17.2 Å². The molecule has 0 fully saturated rings. The van der Waals surface area contributed by atoms with E-state index in [2.05, 4.69) is 33.5 Å². The van der Waals surface area contributed by atoms with Crippen molar-refractivity contribution in [1.29, 1.82) is 5.26 Å². The predicted molar refractivity (Wildman–Crippen MR) is 83.9 cm³/mol. The lowest BCUT2D eigenvalue weighted by Crippen LogP contribution is -1.91. The van der Waals surface area contributed by atoms with Gasteiger partial charge in [0, 0.05) is 10.9 Å². The average Bonchev–Trinajstić information content (AvgIpc) is 2.89. The molecule has 0 N–H and O–H groups in total. The van der Waals surface area contributed by atoms with Crippen LogP contribution in [-0.2, 0) is 0 Å². The van der Waals surface area contributed by atoms with Crippen LogP contribution in [0.4, 0.5) is 0 Å². The van der Waals surface area contributed by atoms with Crippen LogP contribution in [0.1, 0.15) is 5.82 Å². The third-order valence-electron chi connectivity index (χ3n) is 2.87. The van der Waals surface area contributed by atoms with E-state index in [4.69, 9.17) is 5.26 Å². The first-order chi connectivity index (χ1) is 9.79. The monoisotopic (exact) mass is 297 g/mol. The number of rotatable bonds is 3. The van der Waals surface area contributed by atoms with Gasteiger partial charge in [0.25, 0.3) is 0 Å². The molecule has 0 bridgehead atoms. The van der Waals surface area contributed by atoms with E-state index < -0.39 is 0 Å². The van der Waals surface area contributed by atoms with Gasteiger partial charge in [-0.15, -0.1) is 11.3 Å². The summed E-state index contributed by atoms with van der Waals surface area (Å²) in [6.45, 7) is 1.89. The van der Waals surface area contributed by atoms with Gasteiger partial charge in [0.15, 0.2) is 0 Å². The van der Waals surface area contributed by atoms with Gasteiger partial charge in [0.2, 0.25) is 0 Å². The number of hydrogen-bond donors (Lipinski definition) is 0. The largest absolute Gasteiger partial charge is 0.226 e. The molecule has 2 aromatic heterocycles. The Kier molecular flexibility index (Phi) is 3.68. The van der Waals surface area contributed by atoms with E-state index in [1.807, 2.05) is 25.1 Å². The quantitative estimate of drug-likeness (QED) is 0.535. The molecule has 0 unspecified atom stereocenters. The first-order valence-electron chi connectivity index (χ1n) is 6.10. The maximum Gasteiger partial charge on any atom is 0.128 e. The number of thiophene rings is 1. The fourth-order valence-corrected chi connectivity index (χ4v) is 3.85. The standard InChI is InChI=1S/C15H11N3S2/c1-10-17-14(19-8-7-16)13-12(9-20-15(13)18-10)11-5-3-2-4-6-11/h2-6,9H,8H2,1H3. The molecule has 98 valence electrons. The van der Waals surface area contributed by atoms with E-state index in [9.17, 15) is 0 Å². The molecule has 0 saturated heterocycles. The highest BCUT2D eigenvalue weighted by Gasteiger charge is 2.14. The van der Waals surface area contributed by atoms with Crippen LogP contribution in [0.5, 0.6) is 0 Å². The molecule has 20 heavy (non-hydrogen) atoms. The van der Waals surface area contributed by atoms with Crippen molar-refractivity contribution in [3.63, 3.8) is 0 Å². The number of fused-ring (bicyclic) bond motifs is 1. The van der Waals surface area contributed by atoms with Crippen molar-refractivity contribution in [2.75, 3.05) is 5.75 Å². The Morgan fingerprint density at radius 2 is 2.05 bits per heavy atom. The number of nitrogens with zero attached hydrogens (tertiary/aromatic N) is 3. The molecule has 0 spiro atoms. The van der Waals surface area contributed by atoms with Gasteiger partial charge in [-0.1, -0.05) is 42.1 Å². The van der Waals surface area contributed by atoms with Gasteiger partial charge in [-0.25, -0.2) is 9.97 Å². The van der Waals surface area contributed by atoms with Crippen molar-refractivity contribution >= 4 is 33.3 Å². The summed E-state index contributed by atoms with van der Waals surface area (Å²) in [6, 6.07) is 12.4. The second kappa shape index (κ2) is 5.61. The summed E-state index contributed by atoms with van der Waals surface area (Å²) < 4.78 is 0. The zero-order valence-corrected chi connectivity index (χ0v) is 12.5. The Bertz CT molecular complexity index is 788. The minimum atomic E-state index is 0.398. The molecule has 3 aromatic rings. The summed E-state index contributed by atoms with van der Waals surface area (Å²) in [7, 11) is 0. The minimum absolute atomic E-state index is 0.398. The van der Waals surface area contributed by atoms with Crippen LogP contribution in [0.2, 0.25) is 0 Å².